The summed E-state index contributed by atoms with van der Waals surface area (Å²) >= 11 is 0. The smallest absolute Gasteiger partial charge is 0.322 e. The van der Waals surface area contributed by atoms with Crippen molar-refractivity contribution in [3.05, 3.63) is 42.0 Å². The van der Waals surface area contributed by atoms with E-state index in [0.29, 0.717) is 26.2 Å². The quantitative estimate of drug-likeness (QED) is 0.882. The normalized spacial score (nSPS) is 17.1. The van der Waals surface area contributed by atoms with Gasteiger partial charge in [-0.1, -0.05) is 12.1 Å². The number of urea groups is 1. The van der Waals surface area contributed by atoms with Crippen LogP contribution >= 0.6 is 0 Å². The first-order chi connectivity index (χ1) is 13.6. The van der Waals surface area contributed by atoms with Crippen molar-refractivity contribution in [2.75, 3.05) is 54.4 Å². The number of anilines is 3. The number of benzene rings is 1. The number of aryl methyl sites for hydroxylation is 1. The SMILES string of the molecule is Cc1nc(N2CCCC2)cc(N2CCN(C(=O)Nc3ccccc3F)CC2)n1. The molecule has 1 aromatic carbocycles. The van der Waals surface area contributed by atoms with Crippen LogP contribution in [-0.4, -0.2) is 60.2 Å². The second-order valence-corrected chi connectivity index (χ2v) is 7.21. The first-order valence-corrected chi connectivity index (χ1v) is 9.76. The molecule has 8 heteroatoms. The van der Waals surface area contributed by atoms with E-state index in [4.69, 9.17) is 0 Å². The molecule has 2 amide bonds. The minimum atomic E-state index is -0.430. The van der Waals surface area contributed by atoms with Gasteiger partial charge in [-0.2, -0.15) is 0 Å². The average molecular weight is 384 g/mol. The van der Waals surface area contributed by atoms with Gasteiger partial charge in [0, 0.05) is 45.3 Å². The van der Waals surface area contributed by atoms with Crippen LogP contribution in [0, 0.1) is 12.7 Å². The molecule has 2 fully saturated rings. The van der Waals surface area contributed by atoms with E-state index in [1.54, 1.807) is 23.1 Å². The summed E-state index contributed by atoms with van der Waals surface area (Å²) in [5, 5.41) is 2.65. The number of nitrogens with one attached hydrogen (secondary N) is 1. The molecule has 0 spiro atoms. The number of carbonyl (C=O) groups excluding carboxylic acids is 1. The molecule has 2 aliphatic rings. The highest BCUT2D eigenvalue weighted by Gasteiger charge is 2.24. The predicted octanol–water partition coefficient (Wildman–Crippen LogP) is 2.88. The van der Waals surface area contributed by atoms with E-state index in [9.17, 15) is 9.18 Å². The molecule has 0 aliphatic carbocycles. The van der Waals surface area contributed by atoms with Crippen LogP contribution in [0.5, 0.6) is 0 Å². The Bertz CT molecular complexity index is 846. The Kier molecular flexibility index (Phi) is 5.27. The van der Waals surface area contributed by atoms with Gasteiger partial charge in [0.2, 0.25) is 0 Å². The van der Waals surface area contributed by atoms with Crippen LogP contribution in [0.2, 0.25) is 0 Å². The van der Waals surface area contributed by atoms with Gasteiger partial charge in [0.15, 0.2) is 0 Å². The van der Waals surface area contributed by atoms with Gasteiger partial charge in [0.25, 0.3) is 0 Å². The van der Waals surface area contributed by atoms with Crippen molar-refractivity contribution in [2.24, 2.45) is 0 Å². The molecule has 2 saturated heterocycles. The van der Waals surface area contributed by atoms with Gasteiger partial charge < -0.3 is 20.0 Å². The minimum Gasteiger partial charge on any atom is -0.356 e. The predicted molar refractivity (Wildman–Crippen MR) is 107 cm³/mol. The van der Waals surface area contributed by atoms with Crippen LogP contribution in [0.25, 0.3) is 0 Å². The van der Waals surface area contributed by atoms with Crippen LogP contribution in [0.4, 0.5) is 26.5 Å². The third-order valence-electron chi connectivity index (χ3n) is 5.25. The van der Waals surface area contributed by atoms with Crippen molar-refractivity contribution in [2.45, 2.75) is 19.8 Å². The fourth-order valence-corrected chi connectivity index (χ4v) is 3.70. The number of para-hydroxylation sites is 1. The van der Waals surface area contributed by atoms with Crippen LogP contribution in [-0.2, 0) is 0 Å². The van der Waals surface area contributed by atoms with Crippen LogP contribution < -0.4 is 15.1 Å². The molecule has 7 nitrogen and oxygen atoms in total. The van der Waals surface area contributed by atoms with E-state index < -0.39 is 5.82 Å². The number of aromatic nitrogens is 2. The van der Waals surface area contributed by atoms with Gasteiger partial charge in [-0.3, -0.25) is 0 Å². The Morgan fingerprint density at radius 2 is 1.57 bits per heavy atom. The zero-order valence-electron chi connectivity index (χ0n) is 16.1. The van der Waals surface area contributed by atoms with Gasteiger partial charge in [-0.05, 0) is 31.9 Å². The third kappa shape index (κ3) is 4.00. The molecule has 3 heterocycles. The minimum absolute atomic E-state index is 0.205. The zero-order chi connectivity index (χ0) is 19.5. The summed E-state index contributed by atoms with van der Waals surface area (Å²) in [7, 11) is 0. The number of halogens is 1. The maximum atomic E-state index is 13.7. The fourth-order valence-electron chi connectivity index (χ4n) is 3.70. The first kappa shape index (κ1) is 18.5. The van der Waals surface area contributed by atoms with E-state index in [1.807, 2.05) is 13.0 Å². The van der Waals surface area contributed by atoms with Crippen molar-refractivity contribution in [3.63, 3.8) is 0 Å². The molecule has 28 heavy (non-hydrogen) atoms. The number of hydrogen-bond donors (Lipinski definition) is 1. The standard InChI is InChI=1S/C20H25FN6O/c1-15-22-18(25-8-4-5-9-25)14-19(23-15)26-10-12-27(13-11-26)20(28)24-17-7-3-2-6-16(17)21/h2-3,6-7,14H,4-5,8-13H2,1H3,(H,24,28). The summed E-state index contributed by atoms with van der Waals surface area (Å²) in [6.07, 6.45) is 2.41. The second kappa shape index (κ2) is 8.00. The van der Waals surface area contributed by atoms with Crippen LogP contribution in [0.1, 0.15) is 18.7 Å². The summed E-state index contributed by atoms with van der Waals surface area (Å²) in [5.41, 5.74) is 0.205. The van der Waals surface area contributed by atoms with E-state index in [1.165, 1.54) is 18.9 Å². The highest BCUT2D eigenvalue weighted by Crippen LogP contribution is 2.23. The lowest BCUT2D eigenvalue weighted by Crippen LogP contribution is -2.50. The molecule has 0 bridgehead atoms. The highest BCUT2D eigenvalue weighted by atomic mass is 19.1. The largest absolute Gasteiger partial charge is 0.356 e. The molecule has 1 aromatic heterocycles. The summed E-state index contributed by atoms with van der Waals surface area (Å²) in [4.78, 5) is 27.8. The topological polar surface area (TPSA) is 64.6 Å². The number of nitrogens with zero attached hydrogens (tertiary/aromatic N) is 5. The van der Waals surface area contributed by atoms with Gasteiger partial charge in [0.1, 0.15) is 23.3 Å². The number of amides is 2. The van der Waals surface area contributed by atoms with Gasteiger partial charge in [-0.25, -0.2) is 19.2 Å². The van der Waals surface area contributed by atoms with Gasteiger partial charge in [0.05, 0.1) is 5.69 Å². The third-order valence-corrected chi connectivity index (χ3v) is 5.25. The summed E-state index contributed by atoms with van der Waals surface area (Å²) in [6, 6.07) is 7.97. The maximum absolute atomic E-state index is 13.7. The Hall–Kier alpha value is -2.90. The molecule has 148 valence electrons. The average Bonchev–Trinajstić information content (AvgIpc) is 3.24. The monoisotopic (exact) mass is 384 g/mol. The molecule has 0 unspecified atom stereocenters. The highest BCUT2D eigenvalue weighted by molar-refractivity contribution is 5.89. The Labute approximate surface area is 164 Å². The van der Waals surface area contributed by atoms with Crippen molar-refractivity contribution < 1.29 is 9.18 Å². The van der Waals surface area contributed by atoms with Gasteiger partial charge >= 0.3 is 6.03 Å². The zero-order valence-corrected chi connectivity index (χ0v) is 16.1. The number of piperazine rings is 1. The molecule has 0 saturated carbocycles. The van der Waals surface area contributed by atoms with Crippen LogP contribution in [0.3, 0.4) is 0 Å². The molecule has 2 aliphatic heterocycles. The molecular weight excluding hydrogens is 359 g/mol. The van der Waals surface area contributed by atoms with Crippen molar-refractivity contribution in [3.8, 4) is 0 Å². The Balaban J connectivity index is 1.39. The molecule has 0 atom stereocenters. The lowest BCUT2D eigenvalue weighted by molar-refractivity contribution is 0.208. The van der Waals surface area contributed by atoms with Gasteiger partial charge in [-0.15, -0.1) is 0 Å². The number of hydrogen-bond acceptors (Lipinski definition) is 5. The molecule has 0 radical (unpaired) electrons. The van der Waals surface area contributed by atoms with E-state index in [2.05, 4.69) is 25.1 Å². The maximum Gasteiger partial charge on any atom is 0.322 e. The van der Waals surface area contributed by atoms with E-state index in [0.717, 1.165) is 30.5 Å². The van der Waals surface area contributed by atoms with Crippen molar-refractivity contribution in [1.82, 2.24) is 14.9 Å². The second-order valence-electron chi connectivity index (χ2n) is 7.21. The molecule has 1 N–H and O–H groups in total. The fraction of sp³-hybridized carbons (Fsp3) is 0.450. The lowest BCUT2D eigenvalue weighted by Gasteiger charge is -2.35. The molecule has 4 rings (SSSR count). The van der Waals surface area contributed by atoms with Crippen molar-refractivity contribution in [1.29, 1.82) is 0 Å². The summed E-state index contributed by atoms with van der Waals surface area (Å²) < 4.78 is 13.7. The van der Waals surface area contributed by atoms with E-state index >= 15 is 0 Å². The lowest BCUT2D eigenvalue weighted by atomic mass is 10.3. The molecular formula is C20H25FN6O. The number of carbonyl (C=O) groups is 1. The first-order valence-electron chi connectivity index (χ1n) is 9.76. The van der Waals surface area contributed by atoms with Crippen molar-refractivity contribution >= 4 is 23.4 Å². The molecule has 2 aromatic rings. The number of rotatable bonds is 3. The van der Waals surface area contributed by atoms with Crippen LogP contribution in [0.15, 0.2) is 30.3 Å². The summed E-state index contributed by atoms with van der Waals surface area (Å²) in [6.45, 7) is 6.48. The summed E-state index contributed by atoms with van der Waals surface area (Å²) in [5.74, 6) is 2.22. The Morgan fingerprint density at radius 1 is 0.964 bits per heavy atom. The Morgan fingerprint density at radius 3 is 2.21 bits per heavy atom. The van der Waals surface area contributed by atoms with E-state index in [-0.39, 0.29) is 11.7 Å².